The Morgan fingerprint density at radius 2 is 1.52 bits per heavy atom. The fourth-order valence-electron chi connectivity index (χ4n) is 2.45. The molecule has 7 nitrogen and oxygen atoms in total. The summed E-state index contributed by atoms with van der Waals surface area (Å²) in [5.41, 5.74) is 1.23. The van der Waals surface area contributed by atoms with Gasteiger partial charge in [-0.25, -0.2) is 0 Å². The summed E-state index contributed by atoms with van der Waals surface area (Å²) in [5.74, 6) is 1.70. The minimum absolute atomic E-state index is 0.0546. The van der Waals surface area contributed by atoms with Crippen LogP contribution in [-0.4, -0.2) is 54.0 Å². The molecular weight excluding hydrogens is 352 g/mol. The Labute approximate surface area is 157 Å². The lowest BCUT2D eigenvalue weighted by atomic mass is 10.0. The van der Waals surface area contributed by atoms with Gasteiger partial charge in [0.15, 0.2) is 23.0 Å². The van der Waals surface area contributed by atoms with Crippen molar-refractivity contribution in [2.75, 3.05) is 27.4 Å². The van der Waals surface area contributed by atoms with Crippen LogP contribution in [0.15, 0.2) is 42.5 Å². The van der Waals surface area contributed by atoms with Gasteiger partial charge in [-0.2, -0.15) is 0 Å². The third-order valence-electron chi connectivity index (χ3n) is 3.90. The van der Waals surface area contributed by atoms with E-state index in [1.54, 1.807) is 36.4 Å². The Morgan fingerprint density at radius 1 is 0.889 bits per heavy atom. The highest BCUT2D eigenvalue weighted by atomic mass is 16.5. The van der Waals surface area contributed by atoms with E-state index in [4.69, 9.17) is 24.4 Å². The van der Waals surface area contributed by atoms with Crippen molar-refractivity contribution >= 4 is 6.08 Å². The van der Waals surface area contributed by atoms with Gasteiger partial charge in [0.1, 0.15) is 12.2 Å². The van der Waals surface area contributed by atoms with E-state index >= 15 is 0 Å². The van der Waals surface area contributed by atoms with Crippen molar-refractivity contribution in [2.24, 2.45) is 0 Å². The Morgan fingerprint density at radius 3 is 2.11 bits per heavy atom. The highest BCUT2D eigenvalue weighted by molar-refractivity contribution is 5.57. The molecular formula is C20H24O7. The molecule has 0 amide bonds. The Balaban J connectivity index is 2.30. The third-order valence-corrected chi connectivity index (χ3v) is 3.90. The molecule has 0 fully saturated rings. The van der Waals surface area contributed by atoms with E-state index < -0.39 is 18.8 Å². The monoisotopic (exact) mass is 376 g/mol. The second-order valence-electron chi connectivity index (χ2n) is 5.70. The molecule has 0 unspecified atom stereocenters. The predicted octanol–water partition coefficient (Wildman–Crippen LogP) is 1.89. The standard InChI is InChI=1S/C20H24O7/c1-25-18-10-13(4-3-9-21)5-7-16(18)27-17-8-6-14(11-19(17)26-2)20(24)15(23)12-22/h3-8,10-11,15,20-24H,9,12H2,1-2H3/t15-,20+/m1/s1. The highest BCUT2D eigenvalue weighted by Crippen LogP contribution is 2.38. The molecule has 0 aliphatic carbocycles. The molecule has 2 rings (SSSR count). The van der Waals surface area contributed by atoms with Crippen LogP contribution in [0.25, 0.3) is 6.08 Å². The average Bonchev–Trinajstić information content (AvgIpc) is 2.71. The fraction of sp³-hybridized carbons (Fsp3) is 0.300. The Hall–Kier alpha value is -2.58. The van der Waals surface area contributed by atoms with Crippen LogP contribution in [0.1, 0.15) is 17.2 Å². The molecule has 0 spiro atoms. The van der Waals surface area contributed by atoms with Crippen LogP contribution in [0.4, 0.5) is 0 Å². The van der Waals surface area contributed by atoms with Crippen molar-refractivity contribution in [3.63, 3.8) is 0 Å². The highest BCUT2D eigenvalue weighted by Gasteiger charge is 2.20. The summed E-state index contributed by atoms with van der Waals surface area (Å²) in [6, 6.07) is 10.0. The van der Waals surface area contributed by atoms with Crippen LogP contribution in [0, 0.1) is 0 Å². The molecule has 2 atom stereocenters. The van der Waals surface area contributed by atoms with Gasteiger partial charge in [0, 0.05) is 0 Å². The van der Waals surface area contributed by atoms with Crippen molar-refractivity contribution in [1.82, 2.24) is 0 Å². The first-order valence-electron chi connectivity index (χ1n) is 8.32. The van der Waals surface area contributed by atoms with Gasteiger partial charge >= 0.3 is 0 Å². The number of hydrogen-bond acceptors (Lipinski definition) is 7. The fourth-order valence-corrected chi connectivity index (χ4v) is 2.45. The van der Waals surface area contributed by atoms with Crippen LogP contribution in [0.3, 0.4) is 0 Å². The molecule has 0 bridgehead atoms. The molecule has 146 valence electrons. The zero-order valence-corrected chi connectivity index (χ0v) is 15.2. The smallest absolute Gasteiger partial charge is 0.169 e. The van der Waals surface area contributed by atoms with E-state index in [-0.39, 0.29) is 6.61 Å². The molecule has 7 heteroatoms. The number of hydrogen-bond donors (Lipinski definition) is 4. The van der Waals surface area contributed by atoms with E-state index in [2.05, 4.69) is 0 Å². The summed E-state index contributed by atoms with van der Waals surface area (Å²) < 4.78 is 16.6. The number of ether oxygens (including phenoxy) is 3. The molecule has 4 N–H and O–H groups in total. The number of rotatable bonds is 9. The first-order valence-corrected chi connectivity index (χ1v) is 8.32. The van der Waals surface area contributed by atoms with Crippen molar-refractivity contribution in [3.05, 3.63) is 53.6 Å². The molecule has 0 saturated heterocycles. The quantitative estimate of drug-likeness (QED) is 0.529. The molecule has 27 heavy (non-hydrogen) atoms. The van der Waals surface area contributed by atoms with Gasteiger partial charge in [-0.15, -0.1) is 0 Å². The van der Waals surface area contributed by atoms with Gasteiger partial charge < -0.3 is 34.6 Å². The zero-order valence-electron chi connectivity index (χ0n) is 15.2. The number of aliphatic hydroxyl groups is 4. The Kier molecular flexibility index (Phi) is 7.63. The van der Waals surface area contributed by atoms with Gasteiger partial charge in [-0.05, 0) is 35.4 Å². The van der Waals surface area contributed by atoms with Crippen molar-refractivity contribution in [3.8, 4) is 23.0 Å². The summed E-state index contributed by atoms with van der Waals surface area (Å²) in [7, 11) is 2.98. The molecule has 0 aromatic heterocycles. The summed E-state index contributed by atoms with van der Waals surface area (Å²) in [4.78, 5) is 0. The maximum absolute atomic E-state index is 10.0. The van der Waals surface area contributed by atoms with Crippen LogP contribution in [0.5, 0.6) is 23.0 Å². The molecule has 0 radical (unpaired) electrons. The third kappa shape index (κ3) is 5.21. The second kappa shape index (κ2) is 9.94. The molecule has 0 aliphatic rings. The largest absolute Gasteiger partial charge is 0.493 e. The van der Waals surface area contributed by atoms with Crippen molar-refractivity contribution in [2.45, 2.75) is 12.2 Å². The molecule has 0 aliphatic heterocycles. The van der Waals surface area contributed by atoms with E-state index in [1.807, 2.05) is 6.07 Å². The van der Waals surface area contributed by atoms with Crippen LogP contribution in [0.2, 0.25) is 0 Å². The number of aliphatic hydroxyl groups excluding tert-OH is 4. The molecule has 0 heterocycles. The van der Waals surface area contributed by atoms with Crippen LogP contribution in [-0.2, 0) is 0 Å². The zero-order chi connectivity index (χ0) is 19.8. The van der Waals surface area contributed by atoms with E-state index in [9.17, 15) is 10.2 Å². The van der Waals surface area contributed by atoms with Crippen molar-refractivity contribution < 1.29 is 34.6 Å². The maximum Gasteiger partial charge on any atom is 0.169 e. The first kappa shape index (κ1) is 20.7. The van der Waals surface area contributed by atoms with Gasteiger partial charge in [0.05, 0.1) is 27.4 Å². The summed E-state index contributed by atoms with van der Waals surface area (Å²) >= 11 is 0. The van der Waals surface area contributed by atoms with Gasteiger partial charge in [-0.3, -0.25) is 0 Å². The minimum atomic E-state index is -1.29. The van der Waals surface area contributed by atoms with Crippen LogP contribution >= 0.6 is 0 Å². The minimum Gasteiger partial charge on any atom is -0.493 e. The first-order chi connectivity index (χ1) is 13.0. The number of methoxy groups -OCH3 is 2. The summed E-state index contributed by atoms with van der Waals surface area (Å²) in [6.45, 7) is -0.614. The lowest BCUT2D eigenvalue weighted by Gasteiger charge is -2.18. The van der Waals surface area contributed by atoms with Crippen molar-refractivity contribution in [1.29, 1.82) is 0 Å². The van der Waals surface area contributed by atoms with E-state index in [0.717, 1.165) is 5.56 Å². The molecule has 0 saturated carbocycles. The summed E-state index contributed by atoms with van der Waals surface area (Å²) in [6.07, 6.45) is 0.838. The molecule has 2 aromatic rings. The second-order valence-corrected chi connectivity index (χ2v) is 5.70. The normalized spacial score (nSPS) is 13.4. The molecule has 2 aromatic carbocycles. The maximum atomic E-state index is 10.0. The predicted molar refractivity (Wildman–Crippen MR) is 100 cm³/mol. The SMILES string of the molecule is COc1cc(C=CCO)ccc1Oc1ccc([C@H](O)[C@H](O)CO)cc1OC. The van der Waals surface area contributed by atoms with E-state index in [0.29, 0.717) is 28.6 Å². The van der Waals surface area contributed by atoms with Crippen LogP contribution < -0.4 is 14.2 Å². The van der Waals surface area contributed by atoms with Gasteiger partial charge in [-0.1, -0.05) is 24.3 Å². The number of benzene rings is 2. The summed E-state index contributed by atoms with van der Waals surface area (Å²) in [5, 5.41) is 37.5. The van der Waals surface area contributed by atoms with Gasteiger partial charge in [0.2, 0.25) is 0 Å². The average molecular weight is 376 g/mol. The Bertz CT molecular complexity index is 773. The van der Waals surface area contributed by atoms with Gasteiger partial charge in [0.25, 0.3) is 0 Å². The lowest BCUT2D eigenvalue weighted by molar-refractivity contribution is -0.0153. The van der Waals surface area contributed by atoms with E-state index in [1.165, 1.54) is 20.3 Å². The lowest BCUT2D eigenvalue weighted by Crippen LogP contribution is -2.22. The topological polar surface area (TPSA) is 109 Å².